The van der Waals surface area contributed by atoms with E-state index in [9.17, 15) is 18.0 Å². The van der Waals surface area contributed by atoms with Crippen molar-refractivity contribution < 1.29 is 22.7 Å². The zero-order valence-corrected chi connectivity index (χ0v) is 23.5. The van der Waals surface area contributed by atoms with Crippen LogP contribution in [0.4, 0.5) is 5.69 Å². The molecule has 1 heterocycles. The van der Waals surface area contributed by atoms with Gasteiger partial charge in [-0.25, -0.2) is 13.1 Å². The van der Waals surface area contributed by atoms with Gasteiger partial charge in [0, 0.05) is 23.2 Å². The molecular formula is C27H28ClN3O5S2. The van der Waals surface area contributed by atoms with Crippen molar-refractivity contribution in [3.8, 4) is 5.75 Å². The highest BCUT2D eigenvalue weighted by Crippen LogP contribution is 2.39. The third-order valence-electron chi connectivity index (χ3n) is 5.81. The van der Waals surface area contributed by atoms with E-state index in [1.54, 1.807) is 38.1 Å². The van der Waals surface area contributed by atoms with E-state index in [0.29, 0.717) is 28.6 Å². The standard InChI is InChI=1S/C27H28ClN3O5S2/c1-17(2)30-38(34,35)22-12-13-24(36-3)23(14-22)29-26(33)19-6-8-20(9-7-19)27-31(25(32)16-37-27)15-18-4-10-21(28)11-5-18/h4-14,17,27,30H,15-16H2,1-3H3,(H,29,33). The van der Waals surface area contributed by atoms with Crippen LogP contribution in [-0.4, -0.2) is 44.0 Å². The number of nitrogens with one attached hydrogen (secondary N) is 2. The highest BCUT2D eigenvalue weighted by atomic mass is 35.5. The average Bonchev–Trinajstić information content (AvgIpc) is 3.24. The van der Waals surface area contributed by atoms with Gasteiger partial charge < -0.3 is 15.0 Å². The van der Waals surface area contributed by atoms with Crippen LogP contribution in [0.25, 0.3) is 0 Å². The summed E-state index contributed by atoms with van der Waals surface area (Å²) in [6.45, 7) is 3.91. The molecule has 4 rings (SSSR count). The molecule has 1 aliphatic rings. The molecule has 3 aromatic carbocycles. The maximum absolute atomic E-state index is 13.0. The first-order valence-electron chi connectivity index (χ1n) is 11.8. The van der Waals surface area contributed by atoms with Crippen molar-refractivity contribution in [3.05, 3.63) is 88.4 Å². The summed E-state index contributed by atoms with van der Waals surface area (Å²) in [4.78, 5) is 27.4. The Morgan fingerprint density at radius 1 is 1.11 bits per heavy atom. The van der Waals surface area contributed by atoms with Crippen LogP contribution >= 0.6 is 23.4 Å². The number of halogens is 1. The molecule has 0 saturated carbocycles. The zero-order valence-electron chi connectivity index (χ0n) is 21.1. The summed E-state index contributed by atoms with van der Waals surface area (Å²) >= 11 is 7.52. The maximum Gasteiger partial charge on any atom is 0.255 e. The Morgan fingerprint density at radius 3 is 2.42 bits per heavy atom. The van der Waals surface area contributed by atoms with Crippen LogP contribution < -0.4 is 14.8 Å². The number of hydrogen-bond acceptors (Lipinski definition) is 6. The number of methoxy groups -OCH3 is 1. The van der Waals surface area contributed by atoms with Gasteiger partial charge in [-0.05, 0) is 67.4 Å². The normalized spacial score (nSPS) is 15.7. The zero-order chi connectivity index (χ0) is 27.4. The van der Waals surface area contributed by atoms with Crippen molar-refractivity contribution in [2.24, 2.45) is 0 Å². The van der Waals surface area contributed by atoms with Gasteiger partial charge in [0.1, 0.15) is 11.1 Å². The Bertz CT molecular complexity index is 1430. The van der Waals surface area contributed by atoms with Gasteiger partial charge in [0.2, 0.25) is 15.9 Å². The molecule has 2 N–H and O–H groups in total. The van der Waals surface area contributed by atoms with Gasteiger partial charge in [0.25, 0.3) is 5.91 Å². The Morgan fingerprint density at radius 2 is 1.79 bits per heavy atom. The number of sulfonamides is 1. The summed E-state index contributed by atoms with van der Waals surface area (Å²) in [5, 5.41) is 3.21. The van der Waals surface area contributed by atoms with E-state index in [4.69, 9.17) is 16.3 Å². The second kappa shape index (κ2) is 11.8. The smallest absolute Gasteiger partial charge is 0.255 e. The molecule has 0 radical (unpaired) electrons. The van der Waals surface area contributed by atoms with E-state index in [1.165, 1.54) is 37.1 Å². The SMILES string of the molecule is COc1ccc(S(=O)(=O)NC(C)C)cc1NC(=O)c1ccc(C2SCC(=O)N2Cc2ccc(Cl)cc2)cc1. The molecule has 1 saturated heterocycles. The average molecular weight is 574 g/mol. The maximum atomic E-state index is 13.0. The molecule has 2 amide bonds. The Hall–Kier alpha value is -3.05. The summed E-state index contributed by atoms with van der Waals surface area (Å²) in [6.07, 6.45) is 0. The molecule has 11 heteroatoms. The first-order valence-corrected chi connectivity index (χ1v) is 14.8. The fraction of sp³-hybridized carbons (Fsp3) is 0.259. The highest BCUT2D eigenvalue weighted by molar-refractivity contribution is 8.00. The molecule has 0 aromatic heterocycles. The minimum absolute atomic E-state index is 0.0151. The van der Waals surface area contributed by atoms with Crippen LogP contribution in [-0.2, 0) is 21.4 Å². The van der Waals surface area contributed by atoms with Gasteiger partial charge in [-0.2, -0.15) is 0 Å². The highest BCUT2D eigenvalue weighted by Gasteiger charge is 2.32. The van der Waals surface area contributed by atoms with Crippen LogP contribution in [0.1, 0.15) is 40.7 Å². The molecule has 1 atom stereocenters. The Kier molecular flexibility index (Phi) is 8.67. The van der Waals surface area contributed by atoms with Crippen LogP contribution in [0, 0.1) is 0 Å². The number of anilines is 1. The third kappa shape index (κ3) is 6.50. The van der Waals surface area contributed by atoms with Gasteiger partial charge >= 0.3 is 0 Å². The number of benzene rings is 3. The van der Waals surface area contributed by atoms with E-state index in [2.05, 4.69) is 10.0 Å². The third-order valence-corrected chi connectivity index (χ3v) is 8.98. The van der Waals surface area contributed by atoms with Gasteiger partial charge in [-0.3, -0.25) is 9.59 Å². The van der Waals surface area contributed by atoms with Crippen molar-refractivity contribution in [2.45, 2.75) is 36.7 Å². The number of hydrogen-bond donors (Lipinski definition) is 2. The monoisotopic (exact) mass is 573 g/mol. The summed E-state index contributed by atoms with van der Waals surface area (Å²) < 4.78 is 33.0. The number of ether oxygens (including phenoxy) is 1. The van der Waals surface area contributed by atoms with Crippen molar-refractivity contribution in [1.29, 1.82) is 0 Å². The van der Waals surface area contributed by atoms with Crippen LogP contribution in [0.2, 0.25) is 5.02 Å². The fourth-order valence-electron chi connectivity index (χ4n) is 4.01. The van der Waals surface area contributed by atoms with Crippen LogP contribution in [0.3, 0.4) is 0 Å². The number of rotatable bonds is 9. The minimum Gasteiger partial charge on any atom is -0.495 e. The summed E-state index contributed by atoms with van der Waals surface area (Å²) in [7, 11) is -2.31. The molecule has 8 nitrogen and oxygen atoms in total. The first-order chi connectivity index (χ1) is 18.1. The largest absolute Gasteiger partial charge is 0.495 e. The van der Waals surface area contributed by atoms with Gasteiger partial charge in [-0.15, -0.1) is 11.8 Å². The lowest BCUT2D eigenvalue weighted by Gasteiger charge is -2.24. The number of carbonyl (C=O) groups excluding carboxylic acids is 2. The molecule has 0 bridgehead atoms. The molecule has 1 unspecified atom stereocenters. The fourth-order valence-corrected chi connectivity index (χ4v) is 6.60. The summed E-state index contributed by atoms with van der Waals surface area (Å²) in [5.41, 5.74) is 2.49. The molecule has 1 aliphatic heterocycles. The van der Waals surface area contributed by atoms with E-state index in [0.717, 1.165) is 11.1 Å². The Balaban J connectivity index is 1.50. The number of thioether (sulfide) groups is 1. The lowest BCUT2D eigenvalue weighted by atomic mass is 10.1. The summed E-state index contributed by atoms with van der Waals surface area (Å²) in [5.74, 6) is 0.336. The first kappa shape index (κ1) is 28.0. The van der Waals surface area contributed by atoms with Crippen molar-refractivity contribution in [2.75, 3.05) is 18.2 Å². The topological polar surface area (TPSA) is 105 Å². The quantitative estimate of drug-likeness (QED) is 0.371. The molecule has 0 aliphatic carbocycles. The predicted molar refractivity (Wildman–Crippen MR) is 150 cm³/mol. The lowest BCUT2D eigenvalue weighted by molar-refractivity contribution is -0.128. The lowest BCUT2D eigenvalue weighted by Crippen LogP contribution is -2.30. The molecule has 0 spiro atoms. The molecular weight excluding hydrogens is 546 g/mol. The van der Waals surface area contributed by atoms with E-state index < -0.39 is 15.9 Å². The van der Waals surface area contributed by atoms with Gasteiger partial charge in [-0.1, -0.05) is 35.9 Å². The van der Waals surface area contributed by atoms with Crippen LogP contribution in [0.5, 0.6) is 5.75 Å². The predicted octanol–water partition coefficient (Wildman–Crippen LogP) is 5.06. The van der Waals surface area contributed by atoms with E-state index >= 15 is 0 Å². The van der Waals surface area contributed by atoms with Gasteiger partial charge in [0.05, 0.1) is 23.4 Å². The Labute approximate surface area is 231 Å². The second-order valence-electron chi connectivity index (χ2n) is 9.03. The van der Waals surface area contributed by atoms with Crippen molar-refractivity contribution in [3.63, 3.8) is 0 Å². The van der Waals surface area contributed by atoms with Crippen molar-refractivity contribution >= 4 is 50.9 Å². The molecule has 3 aromatic rings. The van der Waals surface area contributed by atoms with Crippen molar-refractivity contribution in [1.82, 2.24) is 9.62 Å². The van der Waals surface area contributed by atoms with Gasteiger partial charge in [0.15, 0.2) is 0 Å². The van der Waals surface area contributed by atoms with E-state index in [-0.39, 0.29) is 27.9 Å². The summed E-state index contributed by atoms with van der Waals surface area (Å²) in [6, 6.07) is 18.4. The second-order valence-corrected chi connectivity index (χ2v) is 12.2. The number of amides is 2. The number of nitrogens with zero attached hydrogens (tertiary/aromatic N) is 1. The van der Waals surface area contributed by atoms with E-state index in [1.807, 2.05) is 29.2 Å². The molecule has 38 heavy (non-hydrogen) atoms. The molecule has 200 valence electrons. The molecule has 1 fully saturated rings. The van der Waals surface area contributed by atoms with Crippen LogP contribution in [0.15, 0.2) is 71.6 Å². The minimum atomic E-state index is -3.76. The number of carbonyl (C=O) groups is 2.